The van der Waals surface area contributed by atoms with Crippen LogP contribution in [0.15, 0.2) is 23.1 Å². The molecule has 0 spiro atoms. The van der Waals surface area contributed by atoms with Crippen molar-refractivity contribution >= 4 is 23.4 Å². The Bertz CT molecular complexity index is 370. The standard InChI is InChI=1S/C12H14ClNS/c1-9-3-4-12(11(7-9)8-14)15-10(2)5-6-13/h3-4,7,10H,5-6H2,1-2H3. The zero-order valence-electron chi connectivity index (χ0n) is 8.96. The maximum absolute atomic E-state index is 9.00. The van der Waals surface area contributed by atoms with E-state index in [0.717, 1.165) is 22.4 Å². The molecule has 0 aliphatic carbocycles. The zero-order valence-corrected chi connectivity index (χ0v) is 10.5. The van der Waals surface area contributed by atoms with Crippen LogP contribution in [0.2, 0.25) is 0 Å². The molecule has 0 aromatic heterocycles. The van der Waals surface area contributed by atoms with Crippen molar-refractivity contribution in [1.82, 2.24) is 0 Å². The SMILES string of the molecule is Cc1ccc(SC(C)CCCl)c(C#N)c1. The van der Waals surface area contributed by atoms with Gasteiger partial charge < -0.3 is 0 Å². The fourth-order valence-corrected chi connectivity index (χ4v) is 2.77. The molecule has 80 valence electrons. The van der Waals surface area contributed by atoms with Crippen molar-refractivity contribution in [3.05, 3.63) is 29.3 Å². The first-order valence-electron chi connectivity index (χ1n) is 4.90. The van der Waals surface area contributed by atoms with Gasteiger partial charge in [0.2, 0.25) is 0 Å². The summed E-state index contributed by atoms with van der Waals surface area (Å²) in [6, 6.07) is 8.21. The van der Waals surface area contributed by atoms with Gasteiger partial charge in [-0.25, -0.2) is 0 Å². The molecule has 1 nitrogen and oxygen atoms in total. The highest BCUT2D eigenvalue weighted by Gasteiger charge is 2.08. The second kappa shape index (κ2) is 6.05. The van der Waals surface area contributed by atoms with Gasteiger partial charge in [-0.3, -0.25) is 0 Å². The van der Waals surface area contributed by atoms with Crippen molar-refractivity contribution in [2.75, 3.05) is 5.88 Å². The van der Waals surface area contributed by atoms with E-state index < -0.39 is 0 Å². The highest BCUT2D eigenvalue weighted by atomic mass is 35.5. The lowest BCUT2D eigenvalue weighted by atomic mass is 10.2. The summed E-state index contributed by atoms with van der Waals surface area (Å²) in [6.45, 7) is 4.13. The summed E-state index contributed by atoms with van der Waals surface area (Å²) >= 11 is 7.40. The molecule has 0 heterocycles. The van der Waals surface area contributed by atoms with Crippen LogP contribution in [0.3, 0.4) is 0 Å². The molecular formula is C12H14ClNS. The number of alkyl halides is 1. The highest BCUT2D eigenvalue weighted by molar-refractivity contribution is 8.00. The molecule has 0 N–H and O–H groups in total. The van der Waals surface area contributed by atoms with Crippen LogP contribution in [-0.4, -0.2) is 11.1 Å². The van der Waals surface area contributed by atoms with E-state index in [1.807, 2.05) is 25.1 Å². The van der Waals surface area contributed by atoms with Crippen molar-refractivity contribution in [3.8, 4) is 6.07 Å². The third-order valence-corrected chi connectivity index (χ3v) is 3.57. The van der Waals surface area contributed by atoms with E-state index in [1.54, 1.807) is 11.8 Å². The van der Waals surface area contributed by atoms with Crippen LogP contribution < -0.4 is 0 Å². The lowest BCUT2D eigenvalue weighted by molar-refractivity contribution is 0.912. The number of nitrogens with zero attached hydrogens (tertiary/aromatic N) is 1. The topological polar surface area (TPSA) is 23.8 Å². The minimum atomic E-state index is 0.456. The summed E-state index contributed by atoms with van der Waals surface area (Å²) in [5.74, 6) is 0.669. The smallest absolute Gasteiger partial charge is 0.100 e. The molecule has 0 fully saturated rings. The first-order valence-corrected chi connectivity index (χ1v) is 6.32. The van der Waals surface area contributed by atoms with Crippen LogP contribution >= 0.6 is 23.4 Å². The van der Waals surface area contributed by atoms with E-state index in [1.165, 1.54) is 0 Å². The van der Waals surface area contributed by atoms with Gasteiger partial charge in [0.25, 0.3) is 0 Å². The predicted molar refractivity (Wildman–Crippen MR) is 66.6 cm³/mol. The number of aryl methyl sites for hydroxylation is 1. The molecule has 0 aliphatic rings. The monoisotopic (exact) mass is 239 g/mol. The van der Waals surface area contributed by atoms with E-state index in [-0.39, 0.29) is 0 Å². The van der Waals surface area contributed by atoms with Gasteiger partial charge in [0, 0.05) is 16.0 Å². The van der Waals surface area contributed by atoms with E-state index in [0.29, 0.717) is 11.1 Å². The molecule has 1 rings (SSSR count). The third kappa shape index (κ3) is 3.77. The number of benzene rings is 1. The molecule has 0 radical (unpaired) electrons. The Morgan fingerprint density at radius 3 is 2.87 bits per heavy atom. The summed E-state index contributed by atoms with van der Waals surface area (Å²) in [6.07, 6.45) is 0.963. The molecule has 1 aromatic rings. The largest absolute Gasteiger partial charge is 0.192 e. The van der Waals surface area contributed by atoms with Gasteiger partial charge in [-0.15, -0.1) is 23.4 Å². The molecule has 1 atom stereocenters. The first kappa shape index (κ1) is 12.4. The maximum Gasteiger partial charge on any atom is 0.100 e. The molecular weight excluding hydrogens is 226 g/mol. The Kier molecular flexibility index (Phi) is 5.01. The van der Waals surface area contributed by atoms with Gasteiger partial charge in [-0.05, 0) is 31.0 Å². The number of rotatable bonds is 4. The van der Waals surface area contributed by atoms with Crippen molar-refractivity contribution in [3.63, 3.8) is 0 Å². The Morgan fingerprint density at radius 2 is 2.27 bits per heavy atom. The Hall–Kier alpha value is -0.650. The fraction of sp³-hybridized carbons (Fsp3) is 0.417. The zero-order chi connectivity index (χ0) is 11.3. The average Bonchev–Trinajstić information content (AvgIpc) is 2.21. The number of thioether (sulfide) groups is 1. The molecule has 1 unspecified atom stereocenters. The summed E-state index contributed by atoms with van der Waals surface area (Å²) < 4.78 is 0. The lowest BCUT2D eigenvalue weighted by Gasteiger charge is -2.10. The minimum Gasteiger partial charge on any atom is -0.192 e. The van der Waals surface area contributed by atoms with E-state index in [9.17, 15) is 0 Å². The van der Waals surface area contributed by atoms with Crippen molar-refractivity contribution < 1.29 is 0 Å². The van der Waals surface area contributed by atoms with Crippen LogP contribution in [0, 0.1) is 18.3 Å². The van der Waals surface area contributed by atoms with Crippen LogP contribution in [-0.2, 0) is 0 Å². The van der Waals surface area contributed by atoms with Gasteiger partial charge in [0.15, 0.2) is 0 Å². The molecule has 1 aromatic carbocycles. The average molecular weight is 240 g/mol. The van der Waals surface area contributed by atoms with Crippen molar-refractivity contribution in [1.29, 1.82) is 5.26 Å². The molecule has 15 heavy (non-hydrogen) atoms. The quantitative estimate of drug-likeness (QED) is 0.586. The molecule has 0 bridgehead atoms. The summed E-state index contributed by atoms with van der Waals surface area (Å²) in [4.78, 5) is 1.06. The van der Waals surface area contributed by atoms with Crippen LogP contribution in [0.25, 0.3) is 0 Å². The Morgan fingerprint density at radius 1 is 1.53 bits per heavy atom. The van der Waals surface area contributed by atoms with Gasteiger partial charge in [0.05, 0.1) is 5.56 Å². The second-order valence-corrected chi connectivity index (χ2v) is 5.38. The second-order valence-electron chi connectivity index (χ2n) is 3.52. The Labute approximate surface area is 100 Å². The van der Waals surface area contributed by atoms with Crippen molar-refractivity contribution in [2.45, 2.75) is 30.4 Å². The maximum atomic E-state index is 9.00. The normalized spacial score (nSPS) is 12.1. The van der Waals surface area contributed by atoms with Gasteiger partial charge >= 0.3 is 0 Å². The number of hydrogen-bond donors (Lipinski definition) is 0. The number of halogens is 1. The van der Waals surface area contributed by atoms with Crippen LogP contribution in [0.4, 0.5) is 0 Å². The van der Waals surface area contributed by atoms with Gasteiger partial charge in [0.1, 0.15) is 6.07 Å². The highest BCUT2D eigenvalue weighted by Crippen LogP contribution is 2.28. The number of nitriles is 1. The fourth-order valence-electron chi connectivity index (χ4n) is 1.26. The van der Waals surface area contributed by atoms with E-state index in [2.05, 4.69) is 13.0 Å². The van der Waals surface area contributed by atoms with E-state index in [4.69, 9.17) is 16.9 Å². The lowest BCUT2D eigenvalue weighted by Crippen LogP contribution is -1.97. The summed E-state index contributed by atoms with van der Waals surface area (Å²) in [7, 11) is 0. The summed E-state index contributed by atoms with van der Waals surface area (Å²) in [5, 5.41) is 9.45. The molecule has 0 saturated carbocycles. The first-order chi connectivity index (χ1) is 7.17. The third-order valence-electron chi connectivity index (χ3n) is 2.10. The predicted octanol–water partition coefficient (Wildman–Crippen LogP) is 3.98. The molecule has 0 aliphatic heterocycles. The molecule has 0 saturated heterocycles. The van der Waals surface area contributed by atoms with Crippen molar-refractivity contribution in [2.24, 2.45) is 0 Å². The van der Waals surface area contributed by atoms with Gasteiger partial charge in [-0.2, -0.15) is 5.26 Å². The molecule has 3 heteroatoms. The molecule has 0 amide bonds. The van der Waals surface area contributed by atoms with Crippen LogP contribution in [0.1, 0.15) is 24.5 Å². The summed E-state index contributed by atoms with van der Waals surface area (Å²) in [5.41, 5.74) is 1.89. The number of hydrogen-bond acceptors (Lipinski definition) is 2. The Balaban J connectivity index is 2.81. The van der Waals surface area contributed by atoms with E-state index >= 15 is 0 Å². The van der Waals surface area contributed by atoms with Crippen LogP contribution in [0.5, 0.6) is 0 Å². The minimum absolute atomic E-state index is 0.456. The van der Waals surface area contributed by atoms with Gasteiger partial charge in [-0.1, -0.05) is 13.0 Å².